The van der Waals surface area contributed by atoms with Gasteiger partial charge in [0.15, 0.2) is 0 Å². The number of hydrogen-bond donors (Lipinski definition) is 1. The van der Waals surface area contributed by atoms with Crippen molar-refractivity contribution in [3.8, 4) is 0 Å². The van der Waals surface area contributed by atoms with Crippen molar-refractivity contribution in [1.82, 2.24) is 0 Å². The van der Waals surface area contributed by atoms with Crippen LogP contribution in [0.5, 0.6) is 0 Å². The Kier molecular flexibility index (Phi) is 3.40. The zero-order valence-electron chi connectivity index (χ0n) is 5.51. The minimum absolute atomic E-state index is 0.733. The summed E-state index contributed by atoms with van der Waals surface area (Å²) in [7, 11) is 0. The SMILES string of the molecule is NCCC1CCSOC1. The summed E-state index contributed by atoms with van der Waals surface area (Å²) in [6.45, 7) is 1.71. The molecule has 1 heterocycles. The molecule has 0 aliphatic carbocycles. The Morgan fingerprint density at radius 1 is 1.67 bits per heavy atom. The van der Waals surface area contributed by atoms with Gasteiger partial charge in [0.25, 0.3) is 0 Å². The van der Waals surface area contributed by atoms with Crippen LogP contribution in [0.2, 0.25) is 0 Å². The molecule has 2 nitrogen and oxygen atoms in total. The number of hydrogen-bond acceptors (Lipinski definition) is 3. The maximum Gasteiger partial charge on any atom is 0.0642 e. The second-order valence-electron chi connectivity index (χ2n) is 2.34. The summed E-state index contributed by atoms with van der Waals surface area (Å²) in [5.74, 6) is 1.88. The second kappa shape index (κ2) is 4.14. The first-order valence-electron chi connectivity index (χ1n) is 3.38. The highest BCUT2D eigenvalue weighted by Crippen LogP contribution is 2.21. The lowest BCUT2D eigenvalue weighted by Gasteiger charge is -2.19. The van der Waals surface area contributed by atoms with Crippen molar-refractivity contribution < 1.29 is 4.18 Å². The predicted molar refractivity (Wildman–Crippen MR) is 40.2 cm³/mol. The first-order valence-corrected chi connectivity index (χ1v) is 4.29. The fourth-order valence-electron chi connectivity index (χ4n) is 0.965. The van der Waals surface area contributed by atoms with E-state index in [1.54, 1.807) is 12.0 Å². The summed E-state index contributed by atoms with van der Waals surface area (Å²) in [5.41, 5.74) is 5.40. The Morgan fingerprint density at radius 3 is 3.11 bits per heavy atom. The summed E-state index contributed by atoms with van der Waals surface area (Å²) in [6.07, 6.45) is 2.41. The Bertz CT molecular complexity index is 70.7. The summed E-state index contributed by atoms with van der Waals surface area (Å²) in [5, 5.41) is 0. The molecule has 0 saturated carbocycles. The van der Waals surface area contributed by atoms with Crippen LogP contribution in [0.15, 0.2) is 0 Å². The standard InChI is InChI=1S/C6H13NOS/c7-3-1-6-2-4-9-8-5-6/h6H,1-5,7H2. The summed E-state index contributed by atoms with van der Waals surface area (Å²) in [6, 6.07) is 0. The molecule has 0 aromatic carbocycles. The lowest BCUT2D eigenvalue weighted by atomic mass is 10.0. The molecule has 1 aliphatic heterocycles. The molecule has 3 heteroatoms. The molecule has 0 aromatic rings. The summed E-state index contributed by atoms with van der Waals surface area (Å²) < 4.78 is 5.20. The van der Waals surface area contributed by atoms with Gasteiger partial charge in [-0.25, -0.2) is 0 Å². The highest BCUT2D eigenvalue weighted by atomic mass is 32.2. The van der Waals surface area contributed by atoms with Crippen LogP contribution >= 0.6 is 12.0 Å². The molecular weight excluding hydrogens is 134 g/mol. The van der Waals surface area contributed by atoms with Crippen molar-refractivity contribution in [3.63, 3.8) is 0 Å². The molecule has 1 atom stereocenters. The van der Waals surface area contributed by atoms with Gasteiger partial charge in [-0.2, -0.15) is 0 Å². The van der Waals surface area contributed by atoms with Crippen molar-refractivity contribution >= 4 is 12.0 Å². The molecule has 1 aliphatic rings. The van der Waals surface area contributed by atoms with Crippen LogP contribution in [-0.4, -0.2) is 18.9 Å². The largest absolute Gasteiger partial charge is 0.330 e. The minimum Gasteiger partial charge on any atom is -0.330 e. The molecule has 0 radical (unpaired) electrons. The lowest BCUT2D eigenvalue weighted by molar-refractivity contribution is 0.256. The van der Waals surface area contributed by atoms with Crippen molar-refractivity contribution in [2.75, 3.05) is 18.9 Å². The molecule has 0 amide bonds. The van der Waals surface area contributed by atoms with E-state index in [-0.39, 0.29) is 0 Å². The van der Waals surface area contributed by atoms with Gasteiger partial charge in [0.2, 0.25) is 0 Å². The third-order valence-electron chi connectivity index (χ3n) is 1.57. The van der Waals surface area contributed by atoms with E-state index in [1.165, 1.54) is 6.42 Å². The van der Waals surface area contributed by atoms with E-state index >= 15 is 0 Å². The maximum atomic E-state index is 5.40. The average molecular weight is 147 g/mol. The first-order chi connectivity index (χ1) is 4.43. The van der Waals surface area contributed by atoms with Gasteiger partial charge in [0, 0.05) is 5.75 Å². The predicted octanol–water partition coefficient (Wildman–Crippen LogP) is 1.02. The molecule has 0 aromatic heterocycles. The fourth-order valence-corrected chi connectivity index (χ4v) is 1.80. The molecule has 2 N–H and O–H groups in total. The van der Waals surface area contributed by atoms with Gasteiger partial charge < -0.3 is 9.92 Å². The number of rotatable bonds is 2. The first kappa shape index (κ1) is 7.38. The van der Waals surface area contributed by atoms with Crippen molar-refractivity contribution in [2.45, 2.75) is 12.8 Å². The summed E-state index contributed by atoms with van der Waals surface area (Å²) in [4.78, 5) is 0. The highest BCUT2D eigenvalue weighted by Gasteiger charge is 2.12. The number of nitrogens with two attached hydrogens (primary N) is 1. The topological polar surface area (TPSA) is 35.2 Å². The van der Waals surface area contributed by atoms with Crippen LogP contribution < -0.4 is 5.73 Å². The van der Waals surface area contributed by atoms with Gasteiger partial charge >= 0.3 is 0 Å². The summed E-state index contributed by atoms with van der Waals surface area (Å²) >= 11 is 1.58. The molecule has 0 bridgehead atoms. The Labute approximate surface area is 60.3 Å². The Balaban J connectivity index is 2.08. The minimum atomic E-state index is 0.733. The Hall–Kier alpha value is 0.270. The van der Waals surface area contributed by atoms with Crippen LogP contribution in [0.4, 0.5) is 0 Å². The normalized spacial score (nSPS) is 28.3. The molecule has 1 unspecified atom stereocenters. The molecule has 1 saturated heterocycles. The third kappa shape index (κ3) is 2.56. The van der Waals surface area contributed by atoms with Crippen molar-refractivity contribution in [3.05, 3.63) is 0 Å². The van der Waals surface area contributed by atoms with Crippen LogP contribution in [0.25, 0.3) is 0 Å². The van der Waals surface area contributed by atoms with E-state index < -0.39 is 0 Å². The molecule has 54 valence electrons. The van der Waals surface area contributed by atoms with E-state index in [9.17, 15) is 0 Å². The van der Waals surface area contributed by atoms with E-state index in [1.807, 2.05) is 0 Å². The average Bonchev–Trinajstić information content (AvgIpc) is 1.91. The molecule has 1 fully saturated rings. The van der Waals surface area contributed by atoms with Crippen LogP contribution in [0.1, 0.15) is 12.8 Å². The van der Waals surface area contributed by atoms with Gasteiger partial charge in [0.05, 0.1) is 6.61 Å². The van der Waals surface area contributed by atoms with Crippen LogP contribution in [0, 0.1) is 5.92 Å². The molecule has 0 spiro atoms. The quantitative estimate of drug-likeness (QED) is 0.592. The van der Waals surface area contributed by atoms with E-state index in [0.29, 0.717) is 0 Å². The van der Waals surface area contributed by atoms with Gasteiger partial charge in [0.1, 0.15) is 0 Å². The molecule has 9 heavy (non-hydrogen) atoms. The lowest BCUT2D eigenvalue weighted by Crippen LogP contribution is -2.17. The van der Waals surface area contributed by atoms with E-state index in [2.05, 4.69) is 0 Å². The van der Waals surface area contributed by atoms with Crippen molar-refractivity contribution in [2.24, 2.45) is 11.7 Å². The van der Waals surface area contributed by atoms with Gasteiger partial charge in [-0.1, -0.05) is 0 Å². The van der Waals surface area contributed by atoms with E-state index in [0.717, 1.165) is 31.2 Å². The highest BCUT2D eigenvalue weighted by molar-refractivity contribution is 7.94. The maximum absolute atomic E-state index is 5.40. The monoisotopic (exact) mass is 147 g/mol. The fraction of sp³-hybridized carbons (Fsp3) is 1.00. The molecule has 1 rings (SSSR count). The van der Waals surface area contributed by atoms with Crippen LogP contribution in [0.3, 0.4) is 0 Å². The Morgan fingerprint density at radius 2 is 2.56 bits per heavy atom. The van der Waals surface area contributed by atoms with Gasteiger partial charge in [-0.3, -0.25) is 0 Å². The van der Waals surface area contributed by atoms with Gasteiger partial charge in [-0.05, 0) is 37.3 Å². The van der Waals surface area contributed by atoms with Crippen LogP contribution in [-0.2, 0) is 4.18 Å². The van der Waals surface area contributed by atoms with E-state index in [4.69, 9.17) is 9.92 Å². The smallest absolute Gasteiger partial charge is 0.0642 e. The van der Waals surface area contributed by atoms with Gasteiger partial charge in [-0.15, -0.1) is 0 Å². The van der Waals surface area contributed by atoms with Crippen molar-refractivity contribution in [1.29, 1.82) is 0 Å². The third-order valence-corrected chi connectivity index (χ3v) is 2.28. The zero-order valence-corrected chi connectivity index (χ0v) is 6.32. The molecular formula is C6H13NOS. The zero-order chi connectivity index (χ0) is 6.53. The second-order valence-corrected chi connectivity index (χ2v) is 3.22.